The molecule has 1 saturated heterocycles. The van der Waals surface area contributed by atoms with Crippen molar-refractivity contribution < 1.29 is 36.8 Å². The van der Waals surface area contributed by atoms with Crippen molar-refractivity contribution in [3.8, 4) is 5.88 Å². The highest BCUT2D eigenvalue weighted by Gasteiger charge is 2.62. The first-order chi connectivity index (χ1) is 24.4. The van der Waals surface area contributed by atoms with Gasteiger partial charge in [0.15, 0.2) is 5.82 Å². The number of amides is 3. The van der Waals surface area contributed by atoms with Crippen LogP contribution in [0.2, 0.25) is 0 Å². The number of carbonyl (C=O) groups excluding carboxylic acids is 3. The third-order valence-corrected chi connectivity index (χ3v) is 12.5. The number of para-hydroxylation sites is 1. The summed E-state index contributed by atoms with van der Waals surface area (Å²) in [5.41, 5.74) is 0.478. The Labute approximate surface area is 297 Å². The Morgan fingerprint density at radius 2 is 1.94 bits per heavy atom. The van der Waals surface area contributed by atoms with E-state index in [1.807, 2.05) is 32.9 Å². The minimum Gasteiger partial charge on any atom is -0.471 e. The molecule has 3 fully saturated rings. The van der Waals surface area contributed by atoms with E-state index in [2.05, 4.69) is 20.0 Å². The molecule has 1 aromatic carbocycles. The third kappa shape index (κ3) is 7.06. The van der Waals surface area contributed by atoms with Gasteiger partial charge in [-0.05, 0) is 76.5 Å². The predicted molar refractivity (Wildman–Crippen MR) is 185 cm³/mol. The van der Waals surface area contributed by atoms with Crippen LogP contribution in [-0.2, 0) is 35.7 Å². The zero-order valence-electron chi connectivity index (χ0n) is 29.2. The molecule has 274 valence electrons. The fourth-order valence-electron chi connectivity index (χ4n) is 7.31. The standard InChI is InChI=1S/C36H45FN6O7S/c1-4-27-33(39-31-26(37)12-10-13-28(31)38-27)49-24-17-30-32(44)40-36(35(46)41-51(47,48)25-15-16-25)18-23(36)11-8-6-5-7-9-14-29(34(45)42(30)20-24)43-19-21(2)22(3)50-43/h8,10-13,23-25,29-30H,4-7,9,14-20H2,1-3H3,(H,40,44)(H,41,46)/t23-,24-,29+,30+,36-/m1/s1. The van der Waals surface area contributed by atoms with Crippen LogP contribution in [0.1, 0.15) is 84.3 Å². The molecule has 4 heterocycles. The van der Waals surface area contributed by atoms with Crippen molar-refractivity contribution in [3.63, 3.8) is 0 Å². The lowest BCUT2D eigenvalue weighted by atomic mass is 10.0. The van der Waals surface area contributed by atoms with Crippen LogP contribution < -0.4 is 14.8 Å². The molecule has 3 amide bonds. The first-order valence-corrected chi connectivity index (χ1v) is 19.5. The molecule has 0 unspecified atom stereocenters. The monoisotopic (exact) mass is 724 g/mol. The summed E-state index contributed by atoms with van der Waals surface area (Å²) in [6.07, 6.45) is 8.56. The molecule has 2 N–H and O–H groups in total. The lowest BCUT2D eigenvalue weighted by Gasteiger charge is -2.32. The average Bonchev–Trinajstić information content (AvgIpc) is 4.00. The van der Waals surface area contributed by atoms with Gasteiger partial charge in [-0.2, -0.15) is 0 Å². The number of halogens is 1. The highest BCUT2D eigenvalue weighted by atomic mass is 32.2. The smallest absolute Gasteiger partial charge is 0.259 e. The molecule has 0 radical (unpaired) electrons. The van der Waals surface area contributed by atoms with Crippen molar-refractivity contribution >= 4 is 38.8 Å². The second kappa shape index (κ2) is 13.8. The van der Waals surface area contributed by atoms with E-state index in [9.17, 15) is 27.2 Å². The molecule has 13 nitrogen and oxygen atoms in total. The first kappa shape index (κ1) is 35.3. The molecule has 2 aliphatic carbocycles. The van der Waals surface area contributed by atoms with E-state index in [0.717, 1.165) is 37.0 Å². The minimum absolute atomic E-state index is 0.0192. The number of hydrogen-bond acceptors (Lipinski definition) is 10. The maximum Gasteiger partial charge on any atom is 0.259 e. The third-order valence-electron chi connectivity index (χ3n) is 10.7. The van der Waals surface area contributed by atoms with Crippen LogP contribution in [0.25, 0.3) is 11.0 Å². The topological polar surface area (TPSA) is 160 Å². The first-order valence-electron chi connectivity index (χ1n) is 18.0. The van der Waals surface area contributed by atoms with Gasteiger partial charge in [0.25, 0.3) is 5.91 Å². The summed E-state index contributed by atoms with van der Waals surface area (Å²) in [7, 11) is -3.87. The van der Waals surface area contributed by atoms with E-state index in [0.29, 0.717) is 43.4 Å². The number of hydrogen-bond donors (Lipinski definition) is 2. The number of rotatable bonds is 7. The van der Waals surface area contributed by atoms with Gasteiger partial charge in [0.1, 0.15) is 40.7 Å². The normalized spacial score (nSPS) is 29.1. The minimum atomic E-state index is -3.87. The Balaban J connectivity index is 1.21. The fourth-order valence-corrected chi connectivity index (χ4v) is 8.68. The largest absolute Gasteiger partial charge is 0.471 e. The van der Waals surface area contributed by atoms with Gasteiger partial charge in [0.05, 0.1) is 23.9 Å². The molecule has 3 aliphatic heterocycles. The van der Waals surface area contributed by atoms with Crippen molar-refractivity contribution in [2.45, 2.75) is 114 Å². The number of nitrogens with one attached hydrogen (secondary N) is 2. The van der Waals surface area contributed by atoms with Crippen LogP contribution in [0.15, 0.2) is 41.7 Å². The number of nitrogens with zero attached hydrogens (tertiary/aromatic N) is 4. The van der Waals surface area contributed by atoms with Gasteiger partial charge in [-0.1, -0.05) is 38.0 Å². The van der Waals surface area contributed by atoms with Gasteiger partial charge in [-0.15, -0.1) is 5.06 Å². The van der Waals surface area contributed by atoms with Crippen LogP contribution in [0.4, 0.5) is 4.39 Å². The van der Waals surface area contributed by atoms with E-state index in [1.54, 1.807) is 17.2 Å². The van der Waals surface area contributed by atoms with Gasteiger partial charge < -0.3 is 19.8 Å². The second-order valence-corrected chi connectivity index (χ2v) is 16.4. The number of hydroxylamine groups is 2. The summed E-state index contributed by atoms with van der Waals surface area (Å²) in [4.78, 5) is 59.3. The molecule has 51 heavy (non-hydrogen) atoms. The Morgan fingerprint density at radius 3 is 2.67 bits per heavy atom. The Kier molecular flexibility index (Phi) is 9.54. The molecule has 0 bridgehead atoms. The Morgan fingerprint density at radius 1 is 1.14 bits per heavy atom. The van der Waals surface area contributed by atoms with Crippen LogP contribution in [0.5, 0.6) is 5.88 Å². The number of aromatic nitrogens is 2. The maximum absolute atomic E-state index is 14.8. The zero-order valence-corrected chi connectivity index (χ0v) is 30.0. The van der Waals surface area contributed by atoms with Crippen LogP contribution in [0, 0.1) is 11.7 Å². The quantitative estimate of drug-likeness (QED) is 0.404. The van der Waals surface area contributed by atoms with E-state index >= 15 is 0 Å². The maximum atomic E-state index is 14.8. The predicted octanol–water partition coefficient (Wildman–Crippen LogP) is 3.59. The number of aryl methyl sites for hydroxylation is 1. The molecule has 1 aromatic heterocycles. The van der Waals surface area contributed by atoms with Crippen LogP contribution in [-0.4, -0.2) is 88.1 Å². The molecule has 2 aromatic rings. The molecule has 2 saturated carbocycles. The number of benzene rings is 1. The van der Waals surface area contributed by atoms with Crippen LogP contribution in [0.3, 0.4) is 0 Å². The number of sulfonamides is 1. The van der Waals surface area contributed by atoms with Crippen molar-refractivity contribution in [1.82, 2.24) is 30.0 Å². The second-order valence-electron chi connectivity index (χ2n) is 14.5. The summed E-state index contributed by atoms with van der Waals surface area (Å²) in [5, 5.41) is 3.96. The summed E-state index contributed by atoms with van der Waals surface area (Å²) in [6.45, 7) is 6.14. The fraction of sp³-hybridized carbons (Fsp3) is 0.583. The number of carbonyl (C=O) groups is 3. The van der Waals surface area contributed by atoms with Crippen LogP contribution >= 0.6 is 0 Å². The van der Waals surface area contributed by atoms with E-state index in [1.165, 1.54) is 11.0 Å². The zero-order chi connectivity index (χ0) is 36.1. The molecule has 5 atom stereocenters. The summed E-state index contributed by atoms with van der Waals surface area (Å²) < 4.78 is 49.0. The highest BCUT2D eigenvalue weighted by Crippen LogP contribution is 2.46. The van der Waals surface area contributed by atoms with Crippen molar-refractivity contribution in [1.29, 1.82) is 0 Å². The van der Waals surface area contributed by atoms with E-state index in [4.69, 9.17) is 9.57 Å². The van der Waals surface area contributed by atoms with Crippen molar-refractivity contribution in [2.24, 2.45) is 5.92 Å². The lowest BCUT2D eigenvalue weighted by Crippen LogP contribution is -2.58. The highest BCUT2D eigenvalue weighted by molar-refractivity contribution is 7.91. The van der Waals surface area contributed by atoms with Crippen molar-refractivity contribution in [2.75, 3.05) is 13.1 Å². The molecule has 5 aliphatic rings. The molecular formula is C36H45FN6O7S. The molecule has 7 rings (SSSR count). The molecular weight excluding hydrogens is 679 g/mol. The summed E-state index contributed by atoms with van der Waals surface area (Å²) in [5.74, 6) is -1.78. The van der Waals surface area contributed by atoms with Gasteiger partial charge in [-0.25, -0.2) is 22.8 Å². The van der Waals surface area contributed by atoms with Gasteiger partial charge in [-0.3, -0.25) is 19.1 Å². The average molecular weight is 725 g/mol. The Bertz CT molecular complexity index is 1900. The number of allylic oxidation sites excluding steroid dienone is 2. The number of fused-ring (bicyclic) bond motifs is 3. The molecule has 0 spiro atoms. The van der Waals surface area contributed by atoms with Gasteiger partial charge in [0, 0.05) is 12.3 Å². The molecule has 15 heteroatoms. The van der Waals surface area contributed by atoms with E-state index in [-0.39, 0.29) is 36.7 Å². The summed E-state index contributed by atoms with van der Waals surface area (Å²) in [6, 6.07) is 2.78. The van der Waals surface area contributed by atoms with E-state index < -0.39 is 62.5 Å². The van der Waals surface area contributed by atoms with Gasteiger partial charge in [0.2, 0.25) is 27.7 Å². The Hall–Kier alpha value is -4.11. The van der Waals surface area contributed by atoms with Gasteiger partial charge >= 0.3 is 0 Å². The van der Waals surface area contributed by atoms with Crippen molar-refractivity contribution in [3.05, 3.63) is 53.2 Å². The lowest BCUT2D eigenvalue weighted by molar-refractivity contribution is -0.166. The number of ether oxygens (including phenoxy) is 1. The summed E-state index contributed by atoms with van der Waals surface area (Å²) >= 11 is 0. The SMILES string of the molecule is CCc1nc2cccc(F)c2nc1O[C@@H]1C[C@H]2C(=O)N[C@]3(C(=O)NS(=O)(=O)C4CC4)C[C@H]3C=CCCCCC[C@H](N3CC(C)=C(C)O3)C(=O)N2C1.